The highest BCUT2D eigenvalue weighted by Gasteiger charge is 2.07. The Kier molecular flexibility index (Phi) is 8.40. The molecule has 0 spiro atoms. The van der Waals surface area contributed by atoms with Crippen molar-refractivity contribution in [2.75, 3.05) is 33.4 Å². The van der Waals surface area contributed by atoms with Crippen LogP contribution < -0.4 is 0 Å². The van der Waals surface area contributed by atoms with Gasteiger partial charge in [0, 0.05) is 20.2 Å². The second kappa shape index (κ2) is 8.48. The zero-order valence-corrected chi connectivity index (χ0v) is 9.12. The van der Waals surface area contributed by atoms with Crippen LogP contribution in [-0.2, 0) is 4.74 Å². The van der Waals surface area contributed by atoms with Gasteiger partial charge in [0.25, 0.3) is 0 Å². The molecule has 13 heavy (non-hydrogen) atoms. The topological polar surface area (TPSA) is 32.7 Å². The molecule has 3 nitrogen and oxygen atoms in total. The zero-order valence-electron chi connectivity index (χ0n) is 9.12. The van der Waals surface area contributed by atoms with E-state index in [1.807, 2.05) is 0 Å². The normalized spacial score (nSPS) is 13.6. The number of ether oxygens (including phenoxy) is 1. The fourth-order valence-electron chi connectivity index (χ4n) is 1.26. The summed E-state index contributed by atoms with van der Waals surface area (Å²) in [7, 11) is 1.72. The quantitative estimate of drug-likeness (QED) is 0.621. The fourth-order valence-corrected chi connectivity index (χ4v) is 1.26. The summed E-state index contributed by atoms with van der Waals surface area (Å²) in [6.07, 6.45) is 2.64. The lowest BCUT2D eigenvalue weighted by molar-refractivity contribution is 0.0693. The van der Waals surface area contributed by atoms with Crippen LogP contribution >= 0.6 is 0 Å². The first-order chi connectivity index (χ1) is 6.24. The molecule has 0 aromatic rings. The lowest BCUT2D eigenvalue weighted by Gasteiger charge is -2.23. The van der Waals surface area contributed by atoms with E-state index >= 15 is 0 Å². The van der Waals surface area contributed by atoms with Gasteiger partial charge < -0.3 is 9.84 Å². The molecule has 0 heterocycles. The molecule has 0 bridgehead atoms. The van der Waals surface area contributed by atoms with E-state index in [1.54, 1.807) is 7.11 Å². The van der Waals surface area contributed by atoms with E-state index in [0.29, 0.717) is 0 Å². The Morgan fingerprint density at radius 2 is 2.08 bits per heavy atom. The number of hydrogen-bond acceptors (Lipinski definition) is 3. The van der Waals surface area contributed by atoms with Crippen LogP contribution in [0.1, 0.15) is 26.7 Å². The van der Waals surface area contributed by atoms with Gasteiger partial charge >= 0.3 is 0 Å². The minimum Gasteiger partial charge on any atom is -0.395 e. The molecule has 0 aliphatic rings. The first-order valence-electron chi connectivity index (χ1n) is 5.10. The molecule has 0 aliphatic carbocycles. The van der Waals surface area contributed by atoms with Crippen molar-refractivity contribution in [3.8, 4) is 0 Å². The van der Waals surface area contributed by atoms with Crippen molar-refractivity contribution in [3.63, 3.8) is 0 Å². The predicted molar refractivity (Wildman–Crippen MR) is 54.9 cm³/mol. The maximum absolute atomic E-state index is 8.84. The van der Waals surface area contributed by atoms with E-state index in [1.165, 1.54) is 12.8 Å². The van der Waals surface area contributed by atoms with Gasteiger partial charge in [-0.15, -0.1) is 0 Å². The van der Waals surface area contributed by atoms with Crippen LogP contribution in [-0.4, -0.2) is 49.5 Å². The average Bonchev–Trinajstić information content (AvgIpc) is 2.14. The van der Waals surface area contributed by atoms with E-state index in [4.69, 9.17) is 9.84 Å². The van der Waals surface area contributed by atoms with E-state index in [0.717, 1.165) is 19.6 Å². The lowest BCUT2D eigenvalue weighted by Crippen LogP contribution is -2.34. The maximum atomic E-state index is 8.84. The van der Waals surface area contributed by atoms with E-state index in [-0.39, 0.29) is 12.7 Å². The van der Waals surface area contributed by atoms with Gasteiger partial charge in [0.15, 0.2) is 0 Å². The second-order valence-electron chi connectivity index (χ2n) is 3.42. The molecule has 0 rings (SSSR count). The summed E-state index contributed by atoms with van der Waals surface area (Å²) < 4.78 is 5.18. The van der Waals surface area contributed by atoms with Crippen molar-refractivity contribution in [1.29, 1.82) is 0 Å². The van der Waals surface area contributed by atoms with Gasteiger partial charge in [0.1, 0.15) is 0 Å². The number of aliphatic hydroxyl groups is 1. The number of methoxy groups -OCH3 is 1. The van der Waals surface area contributed by atoms with Gasteiger partial charge in [0.2, 0.25) is 0 Å². The van der Waals surface area contributed by atoms with Crippen molar-refractivity contribution in [1.82, 2.24) is 4.90 Å². The molecule has 1 N–H and O–H groups in total. The van der Waals surface area contributed by atoms with Gasteiger partial charge in [0.05, 0.1) is 12.7 Å². The largest absolute Gasteiger partial charge is 0.395 e. The molecular formula is C10H23NO2. The number of unbranched alkanes of at least 4 members (excludes halogenated alkanes) is 1. The van der Waals surface area contributed by atoms with Crippen LogP contribution in [0.15, 0.2) is 0 Å². The molecule has 80 valence electrons. The molecule has 3 heteroatoms. The lowest BCUT2D eigenvalue weighted by atomic mass is 10.3. The van der Waals surface area contributed by atoms with Crippen molar-refractivity contribution in [2.45, 2.75) is 32.8 Å². The minimum atomic E-state index is 0.236. The standard InChI is InChI=1S/C10H23NO2/c1-4-5-6-11(7-8-12)9-10(2)13-3/h10,12H,4-9H2,1-3H3. The van der Waals surface area contributed by atoms with E-state index in [2.05, 4.69) is 18.7 Å². The molecule has 0 aromatic heterocycles. The molecule has 1 atom stereocenters. The van der Waals surface area contributed by atoms with Crippen molar-refractivity contribution >= 4 is 0 Å². The molecule has 1 unspecified atom stereocenters. The Bertz CT molecular complexity index is 109. The van der Waals surface area contributed by atoms with Crippen LogP contribution in [0.3, 0.4) is 0 Å². The highest BCUT2D eigenvalue weighted by atomic mass is 16.5. The van der Waals surface area contributed by atoms with Crippen molar-refractivity contribution < 1.29 is 9.84 Å². The third-order valence-electron chi connectivity index (χ3n) is 2.16. The summed E-state index contributed by atoms with van der Waals surface area (Å²) in [5.41, 5.74) is 0. The maximum Gasteiger partial charge on any atom is 0.0670 e. The number of hydrogen-bond donors (Lipinski definition) is 1. The monoisotopic (exact) mass is 189 g/mol. The summed E-state index contributed by atoms with van der Waals surface area (Å²) in [6, 6.07) is 0. The summed E-state index contributed by atoms with van der Waals surface area (Å²) in [5, 5.41) is 8.84. The fraction of sp³-hybridized carbons (Fsp3) is 1.00. The van der Waals surface area contributed by atoms with Crippen LogP contribution in [0, 0.1) is 0 Å². The van der Waals surface area contributed by atoms with Gasteiger partial charge in [-0.1, -0.05) is 13.3 Å². The molecule has 0 aliphatic heterocycles. The Morgan fingerprint density at radius 3 is 2.54 bits per heavy atom. The SMILES string of the molecule is CCCCN(CCO)CC(C)OC. The smallest absolute Gasteiger partial charge is 0.0670 e. The predicted octanol–water partition coefficient (Wildman–Crippen LogP) is 1.12. The summed E-state index contributed by atoms with van der Waals surface area (Å²) >= 11 is 0. The Balaban J connectivity index is 3.65. The van der Waals surface area contributed by atoms with Crippen LogP contribution in [0.4, 0.5) is 0 Å². The van der Waals surface area contributed by atoms with Crippen LogP contribution in [0.25, 0.3) is 0 Å². The third kappa shape index (κ3) is 6.99. The molecule has 0 saturated heterocycles. The second-order valence-corrected chi connectivity index (χ2v) is 3.42. The highest BCUT2D eigenvalue weighted by molar-refractivity contribution is 4.61. The summed E-state index contributed by atoms with van der Waals surface area (Å²) in [4.78, 5) is 2.25. The molecule has 0 fully saturated rings. The van der Waals surface area contributed by atoms with Gasteiger partial charge in [-0.3, -0.25) is 4.90 Å². The van der Waals surface area contributed by atoms with Crippen molar-refractivity contribution in [3.05, 3.63) is 0 Å². The first kappa shape index (κ1) is 12.9. The number of aliphatic hydroxyl groups excluding tert-OH is 1. The van der Waals surface area contributed by atoms with Gasteiger partial charge in [-0.25, -0.2) is 0 Å². The van der Waals surface area contributed by atoms with Crippen LogP contribution in [0.2, 0.25) is 0 Å². The molecular weight excluding hydrogens is 166 g/mol. The molecule has 0 radical (unpaired) electrons. The number of rotatable bonds is 8. The number of nitrogens with zero attached hydrogens (tertiary/aromatic N) is 1. The first-order valence-corrected chi connectivity index (χ1v) is 5.10. The zero-order chi connectivity index (χ0) is 10.1. The highest BCUT2D eigenvalue weighted by Crippen LogP contribution is 1.98. The van der Waals surface area contributed by atoms with E-state index in [9.17, 15) is 0 Å². The van der Waals surface area contributed by atoms with Gasteiger partial charge in [-0.2, -0.15) is 0 Å². The molecule has 0 amide bonds. The average molecular weight is 189 g/mol. The minimum absolute atomic E-state index is 0.236. The van der Waals surface area contributed by atoms with E-state index < -0.39 is 0 Å². The molecule has 0 aromatic carbocycles. The van der Waals surface area contributed by atoms with Gasteiger partial charge in [-0.05, 0) is 19.9 Å². The Labute approximate surface area is 81.7 Å². The summed E-state index contributed by atoms with van der Waals surface area (Å²) in [6.45, 7) is 7.20. The Hall–Kier alpha value is -0.120. The molecule has 0 saturated carbocycles. The Morgan fingerprint density at radius 1 is 1.38 bits per heavy atom. The summed E-state index contributed by atoms with van der Waals surface area (Å²) in [5.74, 6) is 0. The van der Waals surface area contributed by atoms with Crippen LogP contribution in [0.5, 0.6) is 0 Å². The van der Waals surface area contributed by atoms with Crippen molar-refractivity contribution in [2.24, 2.45) is 0 Å². The third-order valence-corrected chi connectivity index (χ3v) is 2.16.